The second-order valence-corrected chi connectivity index (χ2v) is 6.91. The van der Waals surface area contributed by atoms with Gasteiger partial charge in [0.2, 0.25) is 10.0 Å². The average molecular weight is 283 g/mol. The van der Waals surface area contributed by atoms with E-state index in [0.29, 0.717) is 18.3 Å². The lowest BCUT2D eigenvalue weighted by atomic mass is 10.2. The molecule has 1 aromatic carbocycles. The molecule has 1 saturated heterocycles. The van der Waals surface area contributed by atoms with Crippen molar-refractivity contribution in [3.8, 4) is 0 Å². The summed E-state index contributed by atoms with van der Waals surface area (Å²) in [4.78, 5) is 2.47. The van der Waals surface area contributed by atoms with Crippen molar-refractivity contribution < 1.29 is 8.42 Å². The average Bonchev–Trinajstić information content (AvgIpc) is 2.76. The fourth-order valence-corrected chi connectivity index (χ4v) is 3.50. The van der Waals surface area contributed by atoms with E-state index in [4.69, 9.17) is 5.73 Å². The van der Waals surface area contributed by atoms with Gasteiger partial charge in [-0.3, -0.25) is 0 Å². The molecule has 0 saturated carbocycles. The molecule has 1 heterocycles. The van der Waals surface area contributed by atoms with Crippen LogP contribution in [-0.4, -0.2) is 39.5 Å². The molecular weight excluding hydrogens is 262 g/mol. The summed E-state index contributed by atoms with van der Waals surface area (Å²) in [6, 6.07) is 5.08. The molecule has 1 aliphatic heterocycles. The van der Waals surface area contributed by atoms with Gasteiger partial charge in [-0.2, -0.15) is 0 Å². The van der Waals surface area contributed by atoms with Crippen LogP contribution in [-0.2, 0) is 10.0 Å². The van der Waals surface area contributed by atoms with Crippen LogP contribution < -0.4 is 10.5 Å². The number of nitrogens with two attached hydrogens (primary N) is 1. The van der Waals surface area contributed by atoms with E-state index in [0.717, 1.165) is 24.9 Å². The highest BCUT2D eigenvalue weighted by molar-refractivity contribution is 7.89. The predicted molar refractivity (Wildman–Crippen MR) is 76.4 cm³/mol. The Morgan fingerprint density at radius 2 is 2.21 bits per heavy atom. The van der Waals surface area contributed by atoms with Crippen LogP contribution in [0.1, 0.15) is 18.4 Å². The largest absolute Gasteiger partial charge is 0.399 e. The van der Waals surface area contributed by atoms with E-state index in [2.05, 4.69) is 9.62 Å². The summed E-state index contributed by atoms with van der Waals surface area (Å²) in [5.74, 6) is 0. The van der Waals surface area contributed by atoms with Crippen molar-refractivity contribution in [3.63, 3.8) is 0 Å². The Balaban J connectivity index is 2.07. The Kier molecular flexibility index (Phi) is 4.13. The van der Waals surface area contributed by atoms with Gasteiger partial charge in [0, 0.05) is 18.3 Å². The Bertz CT molecular complexity index is 557. The maximum absolute atomic E-state index is 12.2. The first-order valence-electron chi connectivity index (χ1n) is 6.46. The minimum absolute atomic E-state index is 0.278. The Morgan fingerprint density at radius 1 is 1.47 bits per heavy atom. The van der Waals surface area contributed by atoms with Gasteiger partial charge in [-0.25, -0.2) is 13.1 Å². The summed E-state index contributed by atoms with van der Waals surface area (Å²) in [5, 5.41) is 0. The van der Waals surface area contributed by atoms with Crippen molar-refractivity contribution in [1.82, 2.24) is 9.62 Å². The number of nitrogens with zero attached hydrogens (tertiary/aromatic N) is 1. The molecule has 5 nitrogen and oxygen atoms in total. The van der Waals surface area contributed by atoms with Crippen LogP contribution >= 0.6 is 0 Å². The van der Waals surface area contributed by atoms with Gasteiger partial charge < -0.3 is 10.6 Å². The zero-order valence-corrected chi connectivity index (χ0v) is 12.2. The summed E-state index contributed by atoms with van der Waals surface area (Å²) >= 11 is 0. The number of nitrogens with one attached hydrogen (secondary N) is 1. The lowest BCUT2D eigenvalue weighted by Crippen LogP contribution is -2.38. The molecule has 0 amide bonds. The van der Waals surface area contributed by atoms with Gasteiger partial charge in [-0.05, 0) is 57.1 Å². The second kappa shape index (κ2) is 5.48. The van der Waals surface area contributed by atoms with E-state index >= 15 is 0 Å². The number of rotatable bonds is 4. The molecule has 6 heteroatoms. The van der Waals surface area contributed by atoms with Gasteiger partial charge in [-0.15, -0.1) is 0 Å². The van der Waals surface area contributed by atoms with Crippen molar-refractivity contribution in [1.29, 1.82) is 0 Å². The van der Waals surface area contributed by atoms with Gasteiger partial charge >= 0.3 is 0 Å². The number of likely N-dealkylation sites (tertiary alicyclic amines) is 1. The molecule has 0 aromatic heterocycles. The Labute approximate surface area is 114 Å². The lowest BCUT2D eigenvalue weighted by Gasteiger charge is -2.19. The van der Waals surface area contributed by atoms with Crippen LogP contribution in [0.15, 0.2) is 23.1 Å². The third-order valence-electron chi connectivity index (χ3n) is 3.73. The molecule has 0 bridgehead atoms. The van der Waals surface area contributed by atoms with Crippen LogP contribution in [0.4, 0.5) is 5.69 Å². The first-order valence-corrected chi connectivity index (χ1v) is 7.94. The lowest BCUT2D eigenvalue weighted by molar-refractivity contribution is 0.311. The maximum atomic E-state index is 12.2. The number of anilines is 1. The van der Waals surface area contributed by atoms with Crippen LogP contribution in [0.25, 0.3) is 0 Å². The van der Waals surface area contributed by atoms with Crippen molar-refractivity contribution in [2.24, 2.45) is 0 Å². The van der Waals surface area contributed by atoms with Crippen molar-refractivity contribution in [2.75, 3.05) is 25.9 Å². The van der Waals surface area contributed by atoms with E-state index in [1.807, 2.05) is 7.05 Å². The van der Waals surface area contributed by atoms with Crippen molar-refractivity contribution >= 4 is 15.7 Å². The zero-order valence-electron chi connectivity index (χ0n) is 11.4. The van der Waals surface area contributed by atoms with Gasteiger partial charge in [-0.1, -0.05) is 0 Å². The van der Waals surface area contributed by atoms with Gasteiger partial charge in [0.15, 0.2) is 0 Å². The SMILES string of the molecule is Cc1cc(S(=O)(=O)NCC2CCCN2C)ccc1N. The van der Waals surface area contributed by atoms with E-state index in [-0.39, 0.29) is 4.90 Å². The number of likely N-dealkylation sites (N-methyl/N-ethyl adjacent to an activating group) is 1. The highest BCUT2D eigenvalue weighted by Crippen LogP contribution is 2.18. The molecule has 1 atom stereocenters. The number of hydrogen-bond acceptors (Lipinski definition) is 4. The monoisotopic (exact) mass is 283 g/mol. The topological polar surface area (TPSA) is 75.4 Å². The minimum Gasteiger partial charge on any atom is -0.399 e. The second-order valence-electron chi connectivity index (χ2n) is 5.15. The number of aryl methyl sites for hydroxylation is 1. The minimum atomic E-state index is -3.44. The molecule has 2 rings (SSSR count). The summed E-state index contributed by atoms with van der Waals surface area (Å²) < 4.78 is 27.1. The fraction of sp³-hybridized carbons (Fsp3) is 0.538. The molecule has 3 N–H and O–H groups in total. The fourth-order valence-electron chi connectivity index (χ4n) is 2.34. The van der Waals surface area contributed by atoms with Crippen LogP contribution in [0, 0.1) is 6.92 Å². The molecule has 0 spiro atoms. The van der Waals surface area contributed by atoms with Crippen LogP contribution in [0.2, 0.25) is 0 Å². The van der Waals surface area contributed by atoms with Crippen molar-refractivity contribution in [2.45, 2.75) is 30.7 Å². The van der Waals surface area contributed by atoms with Gasteiger partial charge in [0.25, 0.3) is 0 Å². The summed E-state index contributed by atoms with van der Waals surface area (Å²) in [7, 11) is -1.42. The molecular formula is C13H21N3O2S. The molecule has 1 fully saturated rings. The number of nitrogen functional groups attached to an aromatic ring is 1. The third-order valence-corrected chi connectivity index (χ3v) is 5.15. The van der Waals surface area contributed by atoms with Gasteiger partial charge in [0.05, 0.1) is 4.90 Å². The Morgan fingerprint density at radius 3 is 2.79 bits per heavy atom. The van der Waals surface area contributed by atoms with Crippen LogP contribution in [0.3, 0.4) is 0 Å². The molecule has 106 valence electrons. The summed E-state index contributed by atoms with van der Waals surface area (Å²) in [5.41, 5.74) is 7.09. The molecule has 1 unspecified atom stereocenters. The molecule has 19 heavy (non-hydrogen) atoms. The normalized spacial score (nSPS) is 20.8. The van der Waals surface area contributed by atoms with Crippen LogP contribution in [0.5, 0.6) is 0 Å². The predicted octanol–water partition coefficient (Wildman–Crippen LogP) is 0.950. The number of sulfonamides is 1. The first kappa shape index (κ1) is 14.3. The first-order chi connectivity index (χ1) is 8.90. The van der Waals surface area contributed by atoms with Crippen molar-refractivity contribution in [3.05, 3.63) is 23.8 Å². The van der Waals surface area contributed by atoms with E-state index < -0.39 is 10.0 Å². The highest BCUT2D eigenvalue weighted by atomic mass is 32.2. The van der Waals surface area contributed by atoms with Gasteiger partial charge in [0.1, 0.15) is 0 Å². The molecule has 0 aliphatic carbocycles. The summed E-state index contributed by atoms with van der Waals surface area (Å²) in [6.45, 7) is 3.30. The zero-order chi connectivity index (χ0) is 14.0. The summed E-state index contributed by atoms with van der Waals surface area (Å²) in [6.07, 6.45) is 2.17. The Hall–Kier alpha value is -1.11. The molecule has 0 radical (unpaired) electrons. The van der Waals surface area contributed by atoms with E-state index in [9.17, 15) is 8.42 Å². The standard InChI is InChI=1S/C13H21N3O2S/c1-10-8-12(5-6-13(10)14)19(17,18)15-9-11-4-3-7-16(11)2/h5-6,8,11,15H,3-4,7,9,14H2,1-2H3. The number of benzene rings is 1. The van der Waals surface area contributed by atoms with E-state index in [1.54, 1.807) is 25.1 Å². The third kappa shape index (κ3) is 3.26. The number of hydrogen-bond donors (Lipinski definition) is 2. The highest BCUT2D eigenvalue weighted by Gasteiger charge is 2.23. The smallest absolute Gasteiger partial charge is 0.240 e. The molecule has 1 aliphatic rings. The quantitative estimate of drug-likeness (QED) is 0.807. The molecule has 1 aromatic rings. The van der Waals surface area contributed by atoms with E-state index in [1.165, 1.54) is 0 Å². The maximum Gasteiger partial charge on any atom is 0.240 e.